The molecule has 0 aromatic heterocycles. The van der Waals surface area contributed by atoms with Gasteiger partial charge in [-0.15, -0.1) is 0 Å². The third-order valence-electron chi connectivity index (χ3n) is 3.69. The van der Waals surface area contributed by atoms with E-state index in [0.717, 1.165) is 19.5 Å². The van der Waals surface area contributed by atoms with Gasteiger partial charge in [0, 0.05) is 0 Å². The summed E-state index contributed by atoms with van der Waals surface area (Å²) in [5, 5.41) is 3.52. The number of hydrogen-bond donors (Lipinski definition) is 1. The minimum Gasteiger partial charge on any atom is -0.317 e. The van der Waals surface area contributed by atoms with Gasteiger partial charge in [0.05, 0.1) is 0 Å². The molecule has 0 radical (unpaired) electrons. The van der Waals surface area contributed by atoms with Crippen molar-refractivity contribution in [3.8, 4) is 0 Å². The maximum absolute atomic E-state index is 3.52. The predicted molar refractivity (Wildman–Crippen MR) is 87.1 cm³/mol. The Morgan fingerprint density at radius 1 is 0.850 bits per heavy atom. The van der Waals surface area contributed by atoms with E-state index in [4.69, 9.17) is 0 Å². The molecular formula is C19H25N. The van der Waals surface area contributed by atoms with Crippen LogP contribution in [-0.2, 0) is 6.42 Å². The lowest BCUT2D eigenvalue weighted by molar-refractivity contribution is 0.562. The summed E-state index contributed by atoms with van der Waals surface area (Å²) >= 11 is 0. The van der Waals surface area contributed by atoms with Crippen molar-refractivity contribution < 1.29 is 0 Å². The Balaban J connectivity index is 2.00. The topological polar surface area (TPSA) is 12.0 Å². The summed E-state index contributed by atoms with van der Waals surface area (Å²) in [5.74, 6) is 0.600. The van der Waals surface area contributed by atoms with Crippen molar-refractivity contribution in [2.45, 2.75) is 32.1 Å². The smallest absolute Gasteiger partial charge is 0.00430 e. The highest BCUT2D eigenvalue weighted by Crippen LogP contribution is 2.23. The standard InChI is InChI=1S/C19H25N/c1-2-14-20-15-13-19(18-11-7-4-8-12-18)16-17-9-5-3-6-10-17/h3-12,19-20H,2,13-16H2,1H3. The van der Waals surface area contributed by atoms with E-state index < -0.39 is 0 Å². The number of hydrogen-bond acceptors (Lipinski definition) is 1. The summed E-state index contributed by atoms with van der Waals surface area (Å²) in [5.41, 5.74) is 2.88. The molecule has 0 heterocycles. The van der Waals surface area contributed by atoms with Crippen LogP contribution in [0.5, 0.6) is 0 Å². The minimum absolute atomic E-state index is 0.600. The Morgan fingerprint density at radius 3 is 2.15 bits per heavy atom. The summed E-state index contributed by atoms with van der Waals surface area (Å²) in [4.78, 5) is 0. The van der Waals surface area contributed by atoms with Gasteiger partial charge in [-0.1, -0.05) is 67.6 Å². The Hall–Kier alpha value is -1.60. The first-order valence-corrected chi connectivity index (χ1v) is 7.69. The van der Waals surface area contributed by atoms with Crippen LogP contribution in [0.3, 0.4) is 0 Å². The first-order valence-electron chi connectivity index (χ1n) is 7.69. The zero-order chi connectivity index (χ0) is 14.0. The number of nitrogens with one attached hydrogen (secondary N) is 1. The maximum Gasteiger partial charge on any atom is -0.00430 e. The third kappa shape index (κ3) is 4.82. The van der Waals surface area contributed by atoms with Crippen molar-refractivity contribution in [3.05, 3.63) is 71.8 Å². The molecule has 1 unspecified atom stereocenters. The highest BCUT2D eigenvalue weighted by Gasteiger charge is 2.11. The van der Waals surface area contributed by atoms with Crippen LogP contribution in [0, 0.1) is 0 Å². The van der Waals surface area contributed by atoms with Crippen LogP contribution < -0.4 is 5.32 Å². The largest absolute Gasteiger partial charge is 0.317 e. The molecule has 0 saturated carbocycles. The van der Waals surface area contributed by atoms with E-state index in [2.05, 4.69) is 72.9 Å². The lowest BCUT2D eigenvalue weighted by atomic mass is 9.89. The highest BCUT2D eigenvalue weighted by molar-refractivity contribution is 5.24. The van der Waals surface area contributed by atoms with Crippen molar-refractivity contribution in [2.75, 3.05) is 13.1 Å². The average Bonchev–Trinajstić information content (AvgIpc) is 2.52. The maximum atomic E-state index is 3.52. The fourth-order valence-corrected chi connectivity index (χ4v) is 2.59. The normalized spacial score (nSPS) is 12.2. The predicted octanol–water partition coefficient (Wildman–Crippen LogP) is 4.40. The van der Waals surface area contributed by atoms with E-state index in [-0.39, 0.29) is 0 Å². The Bertz CT molecular complexity index is 464. The van der Waals surface area contributed by atoms with Gasteiger partial charge in [0.2, 0.25) is 0 Å². The summed E-state index contributed by atoms with van der Waals surface area (Å²) < 4.78 is 0. The van der Waals surface area contributed by atoms with Crippen LogP contribution in [-0.4, -0.2) is 13.1 Å². The summed E-state index contributed by atoms with van der Waals surface area (Å²) in [6.07, 6.45) is 3.52. The average molecular weight is 267 g/mol. The quantitative estimate of drug-likeness (QED) is 0.699. The molecule has 0 aliphatic carbocycles. The zero-order valence-corrected chi connectivity index (χ0v) is 12.4. The van der Waals surface area contributed by atoms with Crippen LogP contribution in [0.15, 0.2) is 60.7 Å². The molecule has 1 atom stereocenters. The number of rotatable bonds is 8. The van der Waals surface area contributed by atoms with Crippen LogP contribution in [0.4, 0.5) is 0 Å². The molecule has 2 aromatic rings. The van der Waals surface area contributed by atoms with E-state index in [1.54, 1.807) is 0 Å². The Labute approximate surface area is 123 Å². The van der Waals surface area contributed by atoms with Crippen LogP contribution >= 0.6 is 0 Å². The van der Waals surface area contributed by atoms with Crippen molar-refractivity contribution in [3.63, 3.8) is 0 Å². The van der Waals surface area contributed by atoms with Gasteiger partial charge < -0.3 is 5.32 Å². The van der Waals surface area contributed by atoms with Gasteiger partial charge in [0.1, 0.15) is 0 Å². The second kappa shape index (κ2) is 8.55. The number of benzene rings is 2. The van der Waals surface area contributed by atoms with Gasteiger partial charge in [-0.25, -0.2) is 0 Å². The van der Waals surface area contributed by atoms with Crippen molar-refractivity contribution in [1.82, 2.24) is 5.32 Å². The third-order valence-corrected chi connectivity index (χ3v) is 3.69. The first-order chi connectivity index (χ1) is 9.90. The minimum atomic E-state index is 0.600. The van der Waals surface area contributed by atoms with Crippen molar-refractivity contribution >= 4 is 0 Å². The molecule has 0 amide bonds. The van der Waals surface area contributed by atoms with Crippen molar-refractivity contribution in [2.24, 2.45) is 0 Å². The van der Waals surface area contributed by atoms with Gasteiger partial charge in [-0.05, 0) is 49.4 Å². The summed E-state index contributed by atoms with van der Waals surface area (Å²) in [6, 6.07) is 21.7. The van der Waals surface area contributed by atoms with E-state index >= 15 is 0 Å². The molecule has 0 saturated heterocycles. The highest BCUT2D eigenvalue weighted by atomic mass is 14.8. The molecule has 1 heteroatoms. The first kappa shape index (κ1) is 14.8. The fourth-order valence-electron chi connectivity index (χ4n) is 2.59. The molecule has 106 valence electrons. The monoisotopic (exact) mass is 267 g/mol. The van der Waals surface area contributed by atoms with Gasteiger partial charge in [0.15, 0.2) is 0 Å². The lowest BCUT2D eigenvalue weighted by Gasteiger charge is -2.18. The second-order valence-corrected chi connectivity index (χ2v) is 5.34. The van der Waals surface area contributed by atoms with E-state index in [1.807, 2.05) is 0 Å². The molecular weight excluding hydrogens is 242 g/mol. The van der Waals surface area contributed by atoms with Gasteiger partial charge in [-0.2, -0.15) is 0 Å². The Kier molecular flexibility index (Phi) is 6.33. The molecule has 0 spiro atoms. The molecule has 20 heavy (non-hydrogen) atoms. The lowest BCUT2D eigenvalue weighted by Crippen LogP contribution is -2.19. The molecule has 2 rings (SSSR count). The van der Waals surface area contributed by atoms with E-state index in [0.29, 0.717) is 5.92 Å². The molecule has 1 N–H and O–H groups in total. The molecule has 1 nitrogen and oxygen atoms in total. The van der Waals surface area contributed by atoms with Crippen LogP contribution in [0.25, 0.3) is 0 Å². The summed E-state index contributed by atoms with van der Waals surface area (Å²) in [7, 11) is 0. The van der Waals surface area contributed by atoms with Crippen molar-refractivity contribution in [1.29, 1.82) is 0 Å². The molecule has 0 aliphatic rings. The Morgan fingerprint density at radius 2 is 1.50 bits per heavy atom. The van der Waals surface area contributed by atoms with Gasteiger partial charge in [-0.3, -0.25) is 0 Å². The zero-order valence-electron chi connectivity index (χ0n) is 12.4. The van der Waals surface area contributed by atoms with Crippen LogP contribution in [0.1, 0.15) is 36.8 Å². The van der Waals surface area contributed by atoms with Gasteiger partial charge >= 0.3 is 0 Å². The molecule has 0 bridgehead atoms. The SMILES string of the molecule is CCCNCCC(Cc1ccccc1)c1ccccc1. The molecule has 2 aromatic carbocycles. The second-order valence-electron chi connectivity index (χ2n) is 5.34. The van der Waals surface area contributed by atoms with E-state index in [1.165, 1.54) is 24.0 Å². The van der Waals surface area contributed by atoms with Gasteiger partial charge in [0.25, 0.3) is 0 Å². The molecule has 0 aliphatic heterocycles. The summed E-state index contributed by atoms with van der Waals surface area (Å²) in [6.45, 7) is 4.43. The molecule has 0 fully saturated rings. The van der Waals surface area contributed by atoms with E-state index in [9.17, 15) is 0 Å². The van der Waals surface area contributed by atoms with Crippen LogP contribution in [0.2, 0.25) is 0 Å². The fraction of sp³-hybridized carbons (Fsp3) is 0.368.